The van der Waals surface area contributed by atoms with Gasteiger partial charge in [0.05, 0.1) is 11.6 Å². The molecule has 0 saturated heterocycles. The molecule has 1 aliphatic heterocycles. The highest BCUT2D eigenvalue weighted by Gasteiger charge is 2.21. The van der Waals surface area contributed by atoms with E-state index in [1.165, 1.54) is 0 Å². The average molecular weight is 349 g/mol. The molecule has 2 N–H and O–H groups in total. The topological polar surface area (TPSA) is 72.4 Å². The summed E-state index contributed by atoms with van der Waals surface area (Å²) < 4.78 is 7.43. The van der Waals surface area contributed by atoms with E-state index in [2.05, 4.69) is 10.6 Å². The number of hydrogen-bond acceptors (Lipinski definition) is 3. The molecule has 3 aromatic rings. The van der Waals surface area contributed by atoms with Crippen LogP contribution in [0.1, 0.15) is 18.4 Å². The normalized spacial score (nSPS) is 14.3. The van der Waals surface area contributed by atoms with Crippen LogP contribution in [-0.4, -0.2) is 23.0 Å². The van der Waals surface area contributed by atoms with Crippen molar-refractivity contribution in [3.63, 3.8) is 0 Å². The summed E-state index contributed by atoms with van der Waals surface area (Å²) in [5.41, 5.74) is 3.33. The zero-order valence-corrected chi connectivity index (χ0v) is 14.6. The van der Waals surface area contributed by atoms with Crippen LogP contribution in [0.25, 0.3) is 10.9 Å². The summed E-state index contributed by atoms with van der Waals surface area (Å²) in [7, 11) is 1.98. The van der Waals surface area contributed by atoms with Crippen LogP contribution in [0.5, 0.6) is 5.75 Å². The van der Waals surface area contributed by atoms with Gasteiger partial charge in [0.1, 0.15) is 5.75 Å². The lowest BCUT2D eigenvalue weighted by atomic mass is 9.99. The van der Waals surface area contributed by atoms with Crippen LogP contribution < -0.4 is 15.4 Å². The third-order valence-corrected chi connectivity index (χ3v) is 4.67. The van der Waals surface area contributed by atoms with Gasteiger partial charge in [0, 0.05) is 35.9 Å². The van der Waals surface area contributed by atoms with Crippen LogP contribution in [0.15, 0.2) is 48.7 Å². The Hall–Kier alpha value is -3.28. The highest BCUT2D eigenvalue weighted by molar-refractivity contribution is 6.00. The quantitative estimate of drug-likeness (QED) is 0.762. The number of nitrogens with zero attached hydrogens (tertiary/aromatic N) is 1. The monoisotopic (exact) mass is 349 g/mol. The molecule has 1 aliphatic rings. The van der Waals surface area contributed by atoms with Crippen molar-refractivity contribution in [1.29, 1.82) is 0 Å². The summed E-state index contributed by atoms with van der Waals surface area (Å²) in [5.74, 6) is -0.0296. The third kappa shape index (κ3) is 2.79. The number of rotatable bonds is 3. The van der Waals surface area contributed by atoms with Crippen LogP contribution in [0.3, 0.4) is 0 Å². The molecule has 0 radical (unpaired) electrons. The van der Waals surface area contributed by atoms with E-state index in [0.29, 0.717) is 17.1 Å². The lowest BCUT2D eigenvalue weighted by molar-refractivity contribution is -0.119. The van der Waals surface area contributed by atoms with E-state index in [9.17, 15) is 9.59 Å². The summed E-state index contributed by atoms with van der Waals surface area (Å²) in [6, 6.07) is 13.2. The Morgan fingerprint density at radius 1 is 1.27 bits per heavy atom. The first-order valence-electron chi connectivity index (χ1n) is 8.44. The van der Waals surface area contributed by atoms with Crippen molar-refractivity contribution in [2.45, 2.75) is 12.8 Å². The SMILES string of the molecule is C[C@@H](C(=O)Nc1ccc2c(c1)OCC(=O)N2)c1cn(C)c2ccccc12. The zero-order valence-electron chi connectivity index (χ0n) is 14.6. The molecule has 1 atom stereocenters. The molecule has 0 bridgehead atoms. The Balaban J connectivity index is 1.57. The fourth-order valence-corrected chi connectivity index (χ4v) is 3.26. The Bertz CT molecular complexity index is 1020. The van der Waals surface area contributed by atoms with Gasteiger partial charge in [-0.15, -0.1) is 0 Å². The maximum absolute atomic E-state index is 12.8. The van der Waals surface area contributed by atoms with Crippen molar-refractivity contribution in [3.05, 3.63) is 54.2 Å². The summed E-state index contributed by atoms with van der Waals surface area (Å²) in [6.45, 7) is 1.88. The molecular weight excluding hydrogens is 330 g/mol. The second-order valence-electron chi connectivity index (χ2n) is 6.47. The Morgan fingerprint density at radius 2 is 2.08 bits per heavy atom. The van der Waals surface area contributed by atoms with Crippen LogP contribution in [0.2, 0.25) is 0 Å². The lowest BCUT2D eigenvalue weighted by Crippen LogP contribution is -2.25. The average Bonchev–Trinajstić information content (AvgIpc) is 2.98. The molecule has 6 heteroatoms. The number of nitrogens with one attached hydrogen (secondary N) is 2. The Morgan fingerprint density at radius 3 is 2.92 bits per heavy atom. The second-order valence-corrected chi connectivity index (χ2v) is 6.47. The van der Waals surface area contributed by atoms with Gasteiger partial charge >= 0.3 is 0 Å². The predicted octanol–water partition coefficient (Wildman–Crippen LogP) is 3.25. The number of carbonyl (C=O) groups excluding carboxylic acids is 2. The zero-order chi connectivity index (χ0) is 18.3. The minimum absolute atomic E-state index is 0.0171. The van der Waals surface area contributed by atoms with Gasteiger partial charge < -0.3 is 19.9 Å². The first-order chi connectivity index (χ1) is 12.5. The van der Waals surface area contributed by atoms with Gasteiger partial charge in [-0.2, -0.15) is 0 Å². The van der Waals surface area contributed by atoms with Gasteiger partial charge in [0.2, 0.25) is 5.91 Å². The van der Waals surface area contributed by atoms with Crippen molar-refractivity contribution in [1.82, 2.24) is 4.57 Å². The summed E-state index contributed by atoms with van der Waals surface area (Å²) in [6.07, 6.45) is 2.00. The third-order valence-electron chi connectivity index (χ3n) is 4.67. The number of ether oxygens (including phenoxy) is 1. The highest BCUT2D eigenvalue weighted by atomic mass is 16.5. The Kier molecular flexibility index (Phi) is 3.88. The molecule has 0 spiro atoms. The van der Waals surface area contributed by atoms with Gasteiger partial charge in [-0.3, -0.25) is 9.59 Å². The molecule has 0 saturated carbocycles. The van der Waals surface area contributed by atoms with Gasteiger partial charge in [-0.05, 0) is 30.7 Å². The maximum atomic E-state index is 12.8. The van der Waals surface area contributed by atoms with Crippen molar-refractivity contribution in [2.75, 3.05) is 17.2 Å². The van der Waals surface area contributed by atoms with E-state index in [0.717, 1.165) is 16.5 Å². The number of aryl methyl sites for hydroxylation is 1. The van der Waals surface area contributed by atoms with E-state index in [1.807, 2.05) is 49.0 Å². The predicted molar refractivity (Wildman–Crippen MR) is 101 cm³/mol. The van der Waals surface area contributed by atoms with Crippen molar-refractivity contribution in [2.24, 2.45) is 7.05 Å². The van der Waals surface area contributed by atoms with Gasteiger partial charge in [0.15, 0.2) is 6.61 Å². The highest BCUT2D eigenvalue weighted by Crippen LogP contribution is 2.32. The van der Waals surface area contributed by atoms with Crippen LogP contribution in [0.4, 0.5) is 11.4 Å². The number of hydrogen-bond donors (Lipinski definition) is 2. The molecule has 132 valence electrons. The van der Waals surface area contributed by atoms with E-state index < -0.39 is 0 Å². The van der Waals surface area contributed by atoms with Crippen LogP contribution in [-0.2, 0) is 16.6 Å². The number of para-hydroxylation sites is 1. The number of anilines is 2. The van der Waals surface area contributed by atoms with E-state index in [4.69, 9.17) is 4.74 Å². The Labute approximate surface area is 150 Å². The number of fused-ring (bicyclic) bond motifs is 2. The lowest BCUT2D eigenvalue weighted by Gasteiger charge is -2.19. The molecule has 6 nitrogen and oxygen atoms in total. The smallest absolute Gasteiger partial charge is 0.262 e. The van der Waals surface area contributed by atoms with Gasteiger partial charge in [-0.1, -0.05) is 18.2 Å². The molecular formula is C20H19N3O3. The van der Waals surface area contributed by atoms with Gasteiger partial charge in [-0.25, -0.2) is 0 Å². The van der Waals surface area contributed by atoms with E-state index in [1.54, 1.807) is 18.2 Å². The van der Waals surface area contributed by atoms with Crippen molar-refractivity contribution in [3.8, 4) is 5.75 Å². The molecule has 2 heterocycles. The number of benzene rings is 2. The fourth-order valence-electron chi connectivity index (χ4n) is 3.26. The summed E-state index contributed by atoms with van der Waals surface area (Å²) in [4.78, 5) is 24.1. The maximum Gasteiger partial charge on any atom is 0.262 e. The number of amides is 2. The molecule has 2 amide bonds. The van der Waals surface area contributed by atoms with E-state index >= 15 is 0 Å². The number of carbonyl (C=O) groups is 2. The molecule has 26 heavy (non-hydrogen) atoms. The summed E-state index contributed by atoms with van der Waals surface area (Å²) >= 11 is 0. The molecule has 0 aliphatic carbocycles. The summed E-state index contributed by atoms with van der Waals surface area (Å²) in [5, 5.41) is 6.74. The first kappa shape index (κ1) is 16.2. The van der Waals surface area contributed by atoms with E-state index in [-0.39, 0.29) is 24.3 Å². The fraction of sp³-hybridized carbons (Fsp3) is 0.200. The first-order valence-corrected chi connectivity index (χ1v) is 8.44. The molecule has 4 rings (SSSR count). The number of aromatic nitrogens is 1. The minimum Gasteiger partial charge on any atom is -0.482 e. The largest absolute Gasteiger partial charge is 0.482 e. The van der Waals surface area contributed by atoms with Crippen molar-refractivity contribution < 1.29 is 14.3 Å². The van der Waals surface area contributed by atoms with Gasteiger partial charge in [0.25, 0.3) is 5.91 Å². The van der Waals surface area contributed by atoms with Crippen molar-refractivity contribution >= 4 is 34.1 Å². The molecule has 0 fully saturated rings. The standard InChI is InChI=1S/C20H19N3O3/c1-12(15-10-23(2)17-6-4-3-5-14(15)17)20(25)21-13-7-8-16-18(9-13)26-11-19(24)22-16/h3-10,12H,11H2,1-2H3,(H,21,25)(H,22,24)/t12-/m1/s1. The van der Waals surface area contributed by atoms with Crippen LogP contribution >= 0.6 is 0 Å². The minimum atomic E-state index is -0.308. The molecule has 0 unspecified atom stereocenters. The second kappa shape index (κ2) is 6.22. The molecule has 2 aromatic carbocycles. The van der Waals surface area contributed by atoms with Crippen LogP contribution in [0, 0.1) is 0 Å². The molecule has 1 aromatic heterocycles.